The molecule has 0 spiro atoms. The zero-order valence-electron chi connectivity index (χ0n) is 11.2. The first-order chi connectivity index (χ1) is 9.61. The Hall–Kier alpha value is -0.880. The number of carbonyl (C=O) groups excluding carboxylic acids is 1. The molecule has 110 valence electrons. The summed E-state index contributed by atoms with van der Waals surface area (Å²) in [6.45, 7) is 4.76. The van der Waals surface area contributed by atoms with Gasteiger partial charge in [-0.25, -0.2) is 4.98 Å². The van der Waals surface area contributed by atoms with Crippen molar-refractivity contribution in [3.63, 3.8) is 0 Å². The number of piperazine rings is 1. The van der Waals surface area contributed by atoms with Crippen LogP contribution in [0.2, 0.25) is 10.2 Å². The van der Waals surface area contributed by atoms with E-state index in [1.54, 1.807) is 19.1 Å². The molecule has 1 atom stereocenters. The Balaban J connectivity index is 2.12. The molecule has 1 unspecified atom stereocenters. The van der Waals surface area contributed by atoms with Gasteiger partial charge >= 0.3 is 5.97 Å². The van der Waals surface area contributed by atoms with E-state index in [1.807, 2.05) is 4.90 Å². The molecule has 7 heteroatoms. The van der Waals surface area contributed by atoms with Crippen LogP contribution in [0.5, 0.6) is 0 Å². The van der Waals surface area contributed by atoms with Crippen LogP contribution in [0.4, 0.5) is 0 Å². The Kier molecular flexibility index (Phi) is 5.60. The molecule has 2 rings (SSSR count). The van der Waals surface area contributed by atoms with E-state index in [1.165, 1.54) is 0 Å². The first-order valence-electron chi connectivity index (χ1n) is 6.54. The lowest BCUT2D eigenvalue weighted by molar-refractivity contribution is -0.150. The third-order valence-corrected chi connectivity index (χ3v) is 3.71. The molecule has 0 aliphatic carbocycles. The van der Waals surface area contributed by atoms with Crippen LogP contribution in [0.25, 0.3) is 0 Å². The molecule has 2 heterocycles. The molecule has 1 aromatic rings. The van der Waals surface area contributed by atoms with E-state index in [9.17, 15) is 4.79 Å². The Morgan fingerprint density at radius 2 is 2.35 bits per heavy atom. The number of nitrogens with zero attached hydrogens (tertiary/aromatic N) is 2. The highest BCUT2D eigenvalue weighted by Crippen LogP contribution is 2.20. The second-order valence-corrected chi connectivity index (χ2v) is 5.30. The highest BCUT2D eigenvalue weighted by Gasteiger charge is 2.30. The predicted molar refractivity (Wildman–Crippen MR) is 78.0 cm³/mol. The molecular formula is C13H17Cl2N3O2. The molecular weight excluding hydrogens is 301 g/mol. The minimum absolute atomic E-state index is 0.224. The van der Waals surface area contributed by atoms with Crippen molar-refractivity contribution < 1.29 is 9.53 Å². The number of hydrogen-bond donors (Lipinski definition) is 1. The lowest BCUT2D eigenvalue weighted by Gasteiger charge is -2.34. The molecule has 1 aromatic heterocycles. The monoisotopic (exact) mass is 317 g/mol. The number of nitrogens with one attached hydrogen (secondary N) is 1. The SMILES string of the molecule is CCOC(=O)C1CNCCN1Cc1nc(Cl)ccc1Cl. The minimum atomic E-state index is -0.319. The number of carbonyl (C=O) groups is 1. The number of aromatic nitrogens is 1. The van der Waals surface area contributed by atoms with Crippen LogP contribution in [-0.2, 0) is 16.1 Å². The predicted octanol–water partition coefficient (Wildman–Crippen LogP) is 1.73. The fraction of sp³-hybridized carbons (Fsp3) is 0.538. The van der Waals surface area contributed by atoms with E-state index in [0.717, 1.165) is 13.1 Å². The highest BCUT2D eigenvalue weighted by atomic mass is 35.5. The van der Waals surface area contributed by atoms with Gasteiger partial charge in [-0.1, -0.05) is 23.2 Å². The summed E-state index contributed by atoms with van der Waals surface area (Å²) in [4.78, 5) is 18.2. The van der Waals surface area contributed by atoms with Crippen molar-refractivity contribution in [3.05, 3.63) is 28.0 Å². The molecule has 1 fully saturated rings. The second-order valence-electron chi connectivity index (χ2n) is 4.50. The normalized spacial score (nSPS) is 19.9. The maximum absolute atomic E-state index is 12.0. The molecule has 0 bridgehead atoms. The topological polar surface area (TPSA) is 54.5 Å². The van der Waals surface area contributed by atoms with Crippen LogP contribution >= 0.6 is 23.2 Å². The third kappa shape index (κ3) is 3.82. The van der Waals surface area contributed by atoms with Gasteiger partial charge < -0.3 is 10.1 Å². The summed E-state index contributed by atoms with van der Waals surface area (Å²) in [5.41, 5.74) is 0.676. The van der Waals surface area contributed by atoms with Gasteiger partial charge in [0.05, 0.1) is 17.3 Å². The Labute approximate surface area is 128 Å². The summed E-state index contributed by atoms with van der Waals surface area (Å²) in [6.07, 6.45) is 0. The highest BCUT2D eigenvalue weighted by molar-refractivity contribution is 6.32. The summed E-state index contributed by atoms with van der Waals surface area (Å²) in [5, 5.41) is 4.14. The van der Waals surface area contributed by atoms with Crippen molar-refractivity contribution in [1.82, 2.24) is 15.2 Å². The maximum atomic E-state index is 12.0. The van der Waals surface area contributed by atoms with Gasteiger partial charge in [-0.2, -0.15) is 0 Å². The van der Waals surface area contributed by atoms with Crippen molar-refractivity contribution >= 4 is 29.2 Å². The fourth-order valence-electron chi connectivity index (χ4n) is 2.17. The van der Waals surface area contributed by atoms with Crippen LogP contribution in [0.15, 0.2) is 12.1 Å². The average molecular weight is 318 g/mol. The van der Waals surface area contributed by atoms with Crippen LogP contribution in [0.3, 0.4) is 0 Å². The van der Waals surface area contributed by atoms with E-state index in [0.29, 0.717) is 35.6 Å². The summed E-state index contributed by atoms with van der Waals surface area (Å²) in [6, 6.07) is 3.04. The van der Waals surface area contributed by atoms with E-state index in [4.69, 9.17) is 27.9 Å². The van der Waals surface area contributed by atoms with Crippen LogP contribution in [0, 0.1) is 0 Å². The molecule has 0 aromatic carbocycles. The molecule has 5 nitrogen and oxygen atoms in total. The first-order valence-corrected chi connectivity index (χ1v) is 7.29. The number of rotatable bonds is 4. The third-order valence-electron chi connectivity index (χ3n) is 3.15. The number of hydrogen-bond acceptors (Lipinski definition) is 5. The molecule has 0 radical (unpaired) electrons. The van der Waals surface area contributed by atoms with Gasteiger partial charge in [-0.3, -0.25) is 9.69 Å². The molecule has 1 N–H and O–H groups in total. The standard InChI is InChI=1S/C13H17Cl2N3O2/c1-2-20-13(19)11-7-16-5-6-18(11)8-10-9(14)3-4-12(15)17-10/h3-4,11,16H,2,5-8H2,1H3. The van der Waals surface area contributed by atoms with E-state index < -0.39 is 0 Å². The smallest absolute Gasteiger partial charge is 0.324 e. The van der Waals surface area contributed by atoms with Crippen LogP contribution in [-0.4, -0.2) is 48.1 Å². The lowest BCUT2D eigenvalue weighted by Crippen LogP contribution is -2.55. The summed E-state index contributed by atoms with van der Waals surface area (Å²) >= 11 is 12.0. The summed E-state index contributed by atoms with van der Waals surface area (Å²) in [5.74, 6) is -0.224. The van der Waals surface area contributed by atoms with E-state index >= 15 is 0 Å². The van der Waals surface area contributed by atoms with Gasteiger partial charge in [0, 0.05) is 26.2 Å². The number of pyridine rings is 1. The van der Waals surface area contributed by atoms with Gasteiger partial charge in [0.2, 0.25) is 0 Å². The Morgan fingerprint density at radius 1 is 1.55 bits per heavy atom. The molecule has 1 saturated heterocycles. The largest absolute Gasteiger partial charge is 0.465 e. The van der Waals surface area contributed by atoms with Gasteiger partial charge in [0.25, 0.3) is 0 Å². The van der Waals surface area contributed by atoms with Crippen molar-refractivity contribution in [2.24, 2.45) is 0 Å². The molecule has 20 heavy (non-hydrogen) atoms. The van der Waals surface area contributed by atoms with Crippen molar-refractivity contribution in [2.75, 3.05) is 26.2 Å². The average Bonchev–Trinajstić information content (AvgIpc) is 2.44. The van der Waals surface area contributed by atoms with Crippen LogP contribution in [0.1, 0.15) is 12.6 Å². The number of esters is 1. The summed E-state index contributed by atoms with van der Waals surface area (Å²) < 4.78 is 5.10. The van der Waals surface area contributed by atoms with Gasteiger partial charge in [0.1, 0.15) is 11.2 Å². The van der Waals surface area contributed by atoms with Crippen molar-refractivity contribution in [3.8, 4) is 0 Å². The number of ether oxygens (including phenoxy) is 1. The van der Waals surface area contributed by atoms with E-state index in [2.05, 4.69) is 10.3 Å². The second kappa shape index (κ2) is 7.22. The maximum Gasteiger partial charge on any atom is 0.324 e. The van der Waals surface area contributed by atoms with Crippen molar-refractivity contribution in [2.45, 2.75) is 19.5 Å². The van der Waals surface area contributed by atoms with E-state index in [-0.39, 0.29) is 12.0 Å². The fourth-order valence-corrected chi connectivity index (χ4v) is 2.50. The van der Waals surface area contributed by atoms with Gasteiger partial charge in [-0.05, 0) is 19.1 Å². The molecule has 0 saturated carbocycles. The quantitative estimate of drug-likeness (QED) is 0.677. The lowest BCUT2D eigenvalue weighted by atomic mass is 10.1. The van der Waals surface area contributed by atoms with Gasteiger partial charge in [-0.15, -0.1) is 0 Å². The first kappa shape index (κ1) is 15.5. The zero-order valence-corrected chi connectivity index (χ0v) is 12.7. The van der Waals surface area contributed by atoms with Crippen LogP contribution < -0.4 is 5.32 Å². The minimum Gasteiger partial charge on any atom is -0.465 e. The zero-order chi connectivity index (χ0) is 14.5. The van der Waals surface area contributed by atoms with Gasteiger partial charge in [0.15, 0.2) is 0 Å². The Bertz CT molecular complexity index is 485. The molecule has 1 aliphatic heterocycles. The Morgan fingerprint density at radius 3 is 3.10 bits per heavy atom. The summed E-state index contributed by atoms with van der Waals surface area (Å²) in [7, 11) is 0. The number of halogens is 2. The molecule has 1 aliphatic rings. The molecule has 0 amide bonds. The van der Waals surface area contributed by atoms with Crippen molar-refractivity contribution in [1.29, 1.82) is 0 Å².